The zero-order valence-electron chi connectivity index (χ0n) is 12.0. The average molecular weight is 296 g/mol. The van der Waals surface area contributed by atoms with Crippen LogP contribution < -0.4 is 5.32 Å². The molecule has 0 saturated heterocycles. The molecule has 0 radical (unpaired) electrons. The summed E-state index contributed by atoms with van der Waals surface area (Å²) in [4.78, 5) is 22.9. The monoisotopic (exact) mass is 296 g/mol. The minimum atomic E-state index is -0.383. The Morgan fingerprint density at radius 1 is 1.45 bits per heavy atom. The smallest absolute Gasteiger partial charge is 0.282 e. The number of carbonyl (C=O) groups is 1. The number of benzene rings is 1. The maximum absolute atomic E-state index is 11.7. The molecule has 110 valence electrons. The van der Waals surface area contributed by atoms with Crippen molar-refractivity contribution in [3.8, 4) is 0 Å². The van der Waals surface area contributed by atoms with Crippen LogP contribution in [0.3, 0.4) is 0 Å². The van der Waals surface area contributed by atoms with E-state index in [1.54, 1.807) is 12.1 Å². The molecule has 0 aliphatic rings. The van der Waals surface area contributed by atoms with E-state index in [4.69, 9.17) is 0 Å². The highest BCUT2D eigenvalue weighted by Gasteiger charge is 2.16. The van der Waals surface area contributed by atoms with E-state index >= 15 is 0 Å². The highest BCUT2D eigenvalue weighted by atomic mass is 32.2. The topological polar surface area (TPSA) is 72.2 Å². The predicted molar refractivity (Wildman–Crippen MR) is 81.1 cm³/mol. The van der Waals surface area contributed by atoms with Gasteiger partial charge >= 0.3 is 0 Å². The van der Waals surface area contributed by atoms with Gasteiger partial charge in [0.1, 0.15) is 0 Å². The molecule has 0 heterocycles. The first-order valence-corrected chi connectivity index (χ1v) is 7.52. The first-order valence-electron chi connectivity index (χ1n) is 6.64. The highest BCUT2D eigenvalue weighted by Crippen LogP contribution is 2.32. The summed E-state index contributed by atoms with van der Waals surface area (Å²) in [6.07, 6.45) is 1.14. The van der Waals surface area contributed by atoms with Gasteiger partial charge in [-0.3, -0.25) is 14.9 Å². The predicted octanol–water partition coefficient (Wildman–Crippen LogP) is 3.16. The van der Waals surface area contributed by atoms with Gasteiger partial charge in [0.2, 0.25) is 5.91 Å². The first kappa shape index (κ1) is 16.5. The lowest BCUT2D eigenvalue weighted by molar-refractivity contribution is -0.387. The largest absolute Gasteiger partial charge is 0.356 e. The molecule has 1 rings (SSSR count). The first-order chi connectivity index (χ1) is 9.43. The van der Waals surface area contributed by atoms with Crippen LogP contribution >= 0.6 is 11.8 Å². The van der Waals surface area contributed by atoms with Crippen LogP contribution in [-0.4, -0.2) is 22.6 Å². The molecule has 1 N–H and O–H groups in total. The van der Waals surface area contributed by atoms with Gasteiger partial charge in [-0.1, -0.05) is 26.8 Å². The van der Waals surface area contributed by atoms with Crippen molar-refractivity contribution in [3.05, 3.63) is 33.9 Å². The van der Waals surface area contributed by atoms with Crippen molar-refractivity contribution in [3.63, 3.8) is 0 Å². The van der Waals surface area contributed by atoms with Crippen LogP contribution in [0, 0.1) is 10.1 Å². The molecule has 6 heteroatoms. The zero-order chi connectivity index (χ0) is 15.1. The van der Waals surface area contributed by atoms with Crippen molar-refractivity contribution >= 4 is 23.4 Å². The zero-order valence-corrected chi connectivity index (χ0v) is 12.8. The van der Waals surface area contributed by atoms with Crippen molar-refractivity contribution < 1.29 is 9.72 Å². The van der Waals surface area contributed by atoms with E-state index in [0.29, 0.717) is 11.4 Å². The molecule has 1 aromatic rings. The Kier molecular flexibility index (Phi) is 6.51. The number of carbonyl (C=O) groups excluding carboxylic acids is 1. The van der Waals surface area contributed by atoms with Crippen molar-refractivity contribution in [2.24, 2.45) is 0 Å². The van der Waals surface area contributed by atoms with Gasteiger partial charge in [0.15, 0.2) is 0 Å². The Labute approximate surface area is 123 Å². The molecule has 0 aromatic heterocycles. The fourth-order valence-corrected chi connectivity index (χ4v) is 2.67. The summed E-state index contributed by atoms with van der Waals surface area (Å²) < 4.78 is 0. The molecular weight excluding hydrogens is 276 g/mol. The van der Waals surface area contributed by atoms with Crippen LogP contribution in [0.25, 0.3) is 0 Å². The lowest BCUT2D eigenvalue weighted by atomic mass is 10.1. The summed E-state index contributed by atoms with van der Waals surface area (Å²) in [6, 6.07) is 4.87. The third-order valence-electron chi connectivity index (χ3n) is 2.52. The molecule has 0 saturated carbocycles. The van der Waals surface area contributed by atoms with Crippen LogP contribution in [0.1, 0.15) is 32.8 Å². The highest BCUT2D eigenvalue weighted by molar-refractivity contribution is 8.00. The summed E-state index contributed by atoms with van der Waals surface area (Å²) in [7, 11) is 0. The van der Waals surface area contributed by atoms with Gasteiger partial charge in [0.25, 0.3) is 5.69 Å². The molecule has 0 bridgehead atoms. The summed E-state index contributed by atoms with van der Waals surface area (Å²) >= 11 is 1.44. The minimum Gasteiger partial charge on any atom is -0.356 e. The molecule has 0 aliphatic heterocycles. The molecule has 1 aromatic carbocycles. The quantitative estimate of drug-likeness (QED) is 0.476. The van der Waals surface area contributed by atoms with E-state index < -0.39 is 0 Å². The van der Waals surface area contributed by atoms with Gasteiger partial charge in [-0.2, -0.15) is 0 Å². The van der Waals surface area contributed by atoms with Crippen LogP contribution in [0.5, 0.6) is 0 Å². The molecule has 0 fully saturated rings. The van der Waals surface area contributed by atoms with Crippen molar-refractivity contribution in [1.29, 1.82) is 0 Å². The fraction of sp³-hybridized carbons (Fsp3) is 0.500. The number of nitrogens with zero attached hydrogens (tertiary/aromatic N) is 1. The molecule has 0 unspecified atom stereocenters. The summed E-state index contributed by atoms with van der Waals surface area (Å²) in [5.41, 5.74) is 0.897. The third-order valence-corrected chi connectivity index (χ3v) is 3.57. The molecular formula is C14H20N2O3S. The minimum absolute atomic E-state index is 0.0544. The SMILES string of the molecule is CCCNC(=O)Cc1ccc([N+](=O)[O-])c(SC(C)C)c1. The standard InChI is InChI=1S/C14H20N2O3S/c1-4-7-15-14(17)9-11-5-6-12(16(18)19)13(8-11)20-10(2)3/h5-6,8,10H,4,7,9H2,1-3H3,(H,15,17). The van der Waals surface area contributed by atoms with Crippen molar-refractivity contribution in [2.75, 3.05) is 6.54 Å². The second-order valence-corrected chi connectivity index (χ2v) is 6.37. The van der Waals surface area contributed by atoms with Crippen LogP contribution in [0.15, 0.2) is 23.1 Å². The molecule has 20 heavy (non-hydrogen) atoms. The van der Waals surface area contributed by atoms with Crippen LogP contribution in [0.4, 0.5) is 5.69 Å². The Hall–Kier alpha value is -1.56. The molecule has 1 amide bonds. The van der Waals surface area contributed by atoms with Crippen molar-refractivity contribution in [1.82, 2.24) is 5.32 Å². The van der Waals surface area contributed by atoms with Gasteiger partial charge in [0, 0.05) is 17.9 Å². The summed E-state index contributed by atoms with van der Waals surface area (Å²) in [5.74, 6) is -0.0544. The number of hydrogen-bond acceptors (Lipinski definition) is 4. The van der Waals surface area contributed by atoms with Gasteiger partial charge in [-0.05, 0) is 18.1 Å². The lowest BCUT2D eigenvalue weighted by Gasteiger charge is -2.08. The number of thioether (sulfide) groups is 1. The van der Waals surface area contributed by atoms with Gasteiger partial charge in [-0.25, -0.2) is 0 Å². The van der Waals surface area contributed by atoms with E-state index in [0.717, 1.165) is 12.0 Å². The Bertz CT molecular complexity index is 489. The van der Waals surface area contributed by atoms with E-state index in [1.165, 1.54) is 17.8 Å². The van der Waals surface area contributed by atoms with Crippen LogP contribution in [0.2, 0.25) is 0 Å². The lowest BCUT2D eigenvalue weighted by Crippen LogP contribution is -2.25. The maximum Gasteiger partial charge on any atom is 0.282 e. The van der Waals surface area contributed by atoms with Crippen LogP contribution in [-0.2, 0) is 11.2 Å². The second-order valence-electron chi connectivity index (χ2n) is 4.75. The van der Waals surface area contributed by atoms with E-state index in [9.17, 15) is 14.9 Å². The van der Waals surface area contributed by atoms with Gasteiger partial charge in [-0.15, -0.1) is 11.8 Å². The Morgan fingerprint density at radius 3 is 2.70 bits per heavy atom. The van der Waals surface area contributed by atoms with E-state index in [2.05, 4.69) is 5.32 Å². The normalized spacial score (nSPS) is 10.6. The number of rotatable bonds is 7. The van der Waals surface area contributed by atoms with E-state index in [-0.39, 0.29) is 28.2 Å². The molecule has 0 atom stereocenters. The summed E-state index contributed by atoms with van der Waals surface area (Å²) in [6.45, 7) is 6.60. The number of amides is 1. The Balaban J connectivity index is 2.88. The van der Waals surface area contributed by atoms with Crippen molar-refractivity contribution in [2.45, 2.75) is 43.8 Å². The number of hydrogen-bond donors (Lipinski definition) is 1. The number of nitro benzene ring substituents is 1. The molecule has 0 aliphatic carbocycles. The fourth-order valence-electron chi connectivity index (χ4n) is 1.68. The van der Waals surface area contributed by atoms with E-state index in [1.807, 2.05) is 20.8 Å². The second kappa shape index (κ2) is 7.89. The number of nitro groups is 1. The Morgan fingerprint density at radius 2 is 2.15 bits per heavy atom. The van der Waals surface area contributed by atoms with Gasteiger partial charge < -0.3 is 5.32 Å². The molecule has 5 nitrogen and oxygen atoms in total. The number of nitrogens with one attached hydrogen (secondary N) is 1. The maximum atomic E-state index is 11.7. The average Bonchev–Trinajstić information content (AvgIpc) is 2.35. The van der Waals surface area contributed by atoms with Gasteiger partial charge in [0.05, 0.1) is 16.2 Å². The summed E-state index contributed by atoms with van der Waals surface area (Å²) in [5, 5.41) is 14.0. The third kappa shape index (κ3) is 5.21. The molecule has 0 spiro atoms.